The minimum absolute atomic E-state index is 0.439. The summed E-state index contributed by atoms with van der Waals surface area (Å²) >= 11 is 0. The summed E-state index contributed by atoms with van der Waals surface area (Å²) in [6, 6.07) is 6.96. The topological polar surface area (TPSA) is 26.0 Å². The Morgan fingerprint density at radius 2 is 1.92 bits per heavy atom. The van der Waals surface area contributed by atoms with Gasteiger partial charge in [-0.1, -0.05) is 24.3 Å². The van der Waals surface area contributed by atoms with E-state index in [-0.39, 0.29) is 0 Å². The monoisotopic (exact) mass is 167 g/mol. The van der Waals surface area contributed by atoms with Crippen molar-refractivity contribution in [3.8, 4) is 0 Å². The van der Waals surface area contributed by atoms with Gasteiger partial charge < -0.3 is 5.73 Å². The second-order valence-corrected chi connectivity index (χ2v) is 3.12. The highest BCUT2D eigenvalue weighted by atomic mass is 19.1. The molecule has 0 radical (unpaired) electrons. The van der Waals surface area contributed by atoms with Gasteiger partial charge in [0.2, 0.25) is 0 Å². The normalized spacial score (nSPS) is 15.7. The van der Waals surface area contributed by atoms with Crippen LogP contribution in [0.2, 0.25) is 0 Å². The average molecular weight is 167 g/mol. The molecule has 0 fully saturated rings. The van der Waals surface area contributed by atoms with Crippen LogP contribution >= 0.6 is 0 Å². The van der Waals surface area contributed by atoms with E-state index >= 15 is 0 Å². The van der Waals surface area contributed by atoms with Crippen LogP contribution < -0.4 is 5.73 Å². The molecule has 0 saturated carbocycles. The van der Waals surface area contributed by atoms with Crippen LogP contribution in [-0.2, 0) is 0 Å². The molecule has 2 atom stereocenters. The van der Waals surface area contributed by atoms with Crippen molar-refractivity contribution in [3.63, 3.8) is 0 Å². The smallest absolute Gasteiger partial charge is 0.140 e. The number of hydrogen-bond donors (Lipinski definition) is 1. The van der Waals surface area contributed by atoms with Crippen LogP contribution in [0.5, 0.6) is 0 Å². The molecule has 0 saturated heterocycles. The summed E-state index contributed by atoms with van der Waals surface area (Å²) in [5.41, 5.74) is 7.12. The fraction of sp³-hybridized carbons (Fsp3) is 0.400. The first kappa shape index (κ1) is 9.20. The highest BCUT2D eigenvalue weighted by Gasteiger charge is 2.15. The van der Waals surface area contributed by atoms with Gasteiger partial charge in [0.15, 0.2) is 0 Å². The SMILES string of the molecule is Cc1ccccc1C(F)C(C)N. The lowest BCUT2D eigenvalue weighted by atomic mass is 10.0. The number of benzene rings is 1. The third kappa shape index (κ3) is 1.83. The van der Waals surface area contributed by atoms with Crippen LogP contribution in [0.15, 0.2) is 24.3 Å². The molecule has 1 aromatic rings. The molecule has 1 nitrogen and oxygen atoms in total. The summed E-state index contributed by atoms with van der Waals surface area (Å²) in [7, 11) is 0. The molecule has 0 aliphatic heterocycles. The van der Waals surface area contributed by atoms with Gasteiger partial charge >= 0.3 is 0 Å². The summed E-state index contributed by atoms with van der Waals surface area (Å²) in [4.78, 5) is 0. The van der Waals surface area contributed by atoms with Crippen molar-refractivity contribution < 1.29 is 4.39 Å². The first-order chi connectivity index (χ1) is 5.63. The molecule has 66 valence electrons. The van der Waals surface area contributed by atoms with E-state index in [4.69, 9.17) is 5.73 Å². The summed E-state index contributed by atoms with van der Waals surface area (Å²) in [5, 5.41) is 0. The highest BCUT2D eigenvalue weighted by molar-refractivity contribution is 5.28. The zero-order valence-corrected chi connectivity index (χ0v) is 7.42. The van der Waals surface area contributed by atoms with Gasteiger partial charge in [-0.05, 0) is 25.0 Å². The molecule has 12 heavy (non-hydrogen) atoms. The summed E-state index contributed by atoms with van der Waals surface area (Å²) in [6.07, 6.45) is -1.05. The van der Waals surface area contributed by atoms with Crippen LogP contribution in [0.1, 0.15) is 24.2 Å². The molecule has 0 aliphatic rings. The van der Waals surface area contributed by atoms with E-state index in [1.165, 1.54) is 0 Å². The van der Waals surface area contributed by atoms with Gasteiger partial charge in [0.25, 0.3) is 0 Å². The molecule has 2 heteroatoms. The Morgan fingerprint density at radius 1 is 1.33 bits per heavy atom. The van der Waals surface area contributed by atoms with Gasteiger partial charge in [0, 0.05) is 6.04 Å². The maximum absolute atomic E-state index is 13.4. The molecule has 0 aliphatic carbocycles. The largest absolute Gasteiger partial charge is 0.325 e. The summed E-state index contributed by atoms with van der Waals surface area (Å²) in [6.45, 7) is 3.57. The number of halogens is 1. The van der Waals surface area contributed by atoms with Crippen molar-refractivity contribution in [1.82, 2.24) is 0 Å². The fourth-order valence-corrected chi connectivity index (χ4v) is 1.18. The maximum atomic E-state index is 13.4. The van der Waals surface area contributed by atoms with E-state index in [9.17, 15) is 4.39 Å². The van der Waals surface area contributed by atoms with Crippen LogP contribution in [0.4, 0.5) is 4.39 Å². The van der Waals surface area contributed by atoms with Crippen molar-refractivity contribution in [2.45, 2.75) is 26.1 Å². The molecular weight excluding hydrogens is 153 g/mol. The molecule has 2 N–H and O–H groups in total. The van der Waals surface area contributed by atoms with Crippen LogP contribution in [0, 0.1) is 6.92 Å². The van der Waals surface area contributed by atoms with E-state index in [2.05, 4.69) is 0 Å². The number of nitrogens with two attached hydrogens (primary N) is 1. The van der Waals surface area contributed by atoms with Gasteiger partial charge in [-0.2, -0.15) is 0 Å². The minimum Gasteiger partial charge on any atom is -0.325 e. The first-order valence-corrected chi connectivity index (χ1v) is 4.08. The van der Waals surface area contributed by atoms with Gasteiger partial charge in [-0.3, -0.25) is 0 Å². The second-order valence-electron chi connectivity index (χ2n) is 3.12. The van der Waals surface area contributed by atoms with Crippen LogP contribution in [-0.4, -0.2) is 6.04 Å². The first-order valence-electron chi connectivity index (χ1n) is 4.08. The minimum atomic E-state index is -1.05. The number of alkyl halides is 1. The Labute approximate surface area is 72.4 Å². The van der Waals surface area contributed by atoms with E-state index in [0.29, 0.717) is 5.56 Å². The highest BCUT2D eigenvalue weighted by Crippen LogP contribution is 2.22. The quantitative estimate of drug-likeness (QED) is 0.719. The Hall–Kier alpha value is -0.890. The Balaban J connectivity index is 2.94. The molecule has 0 heterocycles. The van der Waals surface area contributed by atoms with Crippen LogP contribution in [0.25, 0.3) is 0 Å². The number of aryl methyl sites for hydroxylation is 1. The van der Waals surface area contributed by atoms with Crippen LogP contribution in [0.3, 0.4) is 0 Å². The fourth-order valence-electron chi connectivity index (χ4n) is 1.18. The lowest BCUT2D eigenvalue weighted by Gasteiger charge is -2.14. The van der Waals surface area contributed by atoms with Gasteiger partial charge in [-0.25, -0.2) is 4.39 Å². The van der Waals surface area contributed by atoms with Gasteiger partial charge in [0.05, 0.1) is 0 Å². The molecular formula is C10H14FN. The maximum Gasteiger partial charge on any atom is 0.140 e. The second kappa shape index (κ2) is 3.68. The predicted octanol–water partition coefficient (Wildman–Crippen LogP) is 2.35. The Bertz CT molecular complexity index is 258. The zero-order valence-electron chi connectivity index (χ0n) is 7.42. The average Bonchev–Trinajstić information content (AvgIpc) is 2.04. The molecule has 1 rings (SSSR count). The van der Waals surface area contributed by atoms with Crippen molar-refractivity contribution in [1.29, 1.82) is 0 Å². The predicted molar refractivity (Wildman–Crippen MR) is 48.7 cm³/mol. The van der Waals surface area contributed by atoms with Crippen molar-refractivity contribution in [2.24, 2.45) is 5.73 Å². The number of rotatable bonds is 2. The van der Waals surface area contributed by atoms with E-state index in [0.717, 1.165) is 5.56 Å². The van der Waals surface area contributed by atoms with E-state index in [1.54, 1.807) is 13.0 Å². The van der Waals surface area contributed by atoms with Gasteiger partial charge in [-0.15, -0.1) is 0 Å². The zero-order chi connectivity index (χ0) is 9.14. The third-order valence-corrected chi connectivity index (χ3v) is 1.95. The molecule has 0 spiro atoms. The summed E-state index contributed by atoms with van der Waals surface area (Å²) < 4.78 is 13.4. The Kier molecular flexibility index (Phi) is 2.82. The summed E-state index contributed by atoms with van der Waals surface area (Å²) in [5.74, 6) is 0. The van der Waals surface area contributed by atoms with E-state index in [1.807, 2.05) is 25.1 Å². The lowest BCUT2D eigenvalue weighted by molar-refractivity contribution is 0.299. The van der Waals surface area contributed by atoms with Gasteiger partial charge in [0.1, 0.15) is 6.17 Å². The molecule has 2 unspecified atom stereocenters. The van der Waals surface area contributed by atoms with Crippen molar-refractivity contribution >= 4 is 0 Å². The molecule has 0 bridgehead atoms. The lowest BCUT2D eigenvalue weighted by Crippen LogP contribution is -2.22. The molecule has 0 aromatic heterocycles. The van der Waals surface area contributed by atoms with E-state index < -0.39 is 12.2 Å². The standard InChI is InChI=1S/C10H14FN/c1-7-5-3-4-6-9(7)10(11)8(2)12/h3-6,8,10H,12H2,1-2H3. The van der Waals surface area contributed by atoms with Crippen molar-refractivity contribution in [2.75, 3.05) is 0 Å². The molecule has 0 amide bonds. The van der Waals surface area contributed by atoms with Crippen molar-refractivity contribution in [3.05, 3.63) is 35.4 Å². The number of hydrogen-bond acceptors (Lipinski definition) is 1. The Morgan fingerprint density at radius 3 is 2.42 bits per heavy atom. The molecule has 1 aromatic carbocycles. The third-order valence-electron chi connectivity index (χ3n) is 1.95.